The van der Waals surface area contributed by atoms with Crippen molar-refractivity contribution < 1.29 is 16.5 Å². The minimum absolute atomic E-state index is 0. The van der Waals surface area contributed by atoms with Crippen LogP contribution in [0.1, 0.15) is 16.7 Å². The molecule has 0 aliphatic heterocycles. The van der Waals surface area contributed by atoms with E-state index in [9.17, 15) is 4.57 Å². The first kappa shape index (κ1) is 12.5. The van der Waals surface area contributed by atoms with Gasteiger partial charge in [-0.05, 0) is 13.8 Å². The fourth-order valence-electron chi connectivity index (χ4n) is 0.248. The van der Waals surface area contributed by atoms with Gasteiger partial charge in [0.25, 0.3) is 0 Å². The zero-order valence-electron chi connectivity index (χ0n) is 7.79. The van der Waals surface area contributed by atoms with Gasteiger partial charge in [0.2, 0.25) is 0 Å². The third kappa shape index (κ3) is 8.79. The van der Waals surface area contributed by atoms with Crippen LogP contribution in [0.25, 0.3) is 0 Å². The van der Waals surface area contributed by atoms with Crippen molar-refractivity contribution in [3.05, 3.63) is 0 Å². The van der Waals surface area contributed by atoms with Gasteiger partial charge < -0.3 is 2.85 Å². The zero-order valence-corrected chi connectivity index (χ0v) is 8.10. The van der Waals surface area contributed by atoms with E-state index in [1.807, 2.05) is 0 Å². The SMILES string of the molecule is CCO[P+](=O)OCC.[H-].[H-].[Mg+2]. The van der Waals surface area contributed by atoms with Crippen LogP contribution in [0.15, 0.2) is 0 Å². The maximum atomic E-state index is 10.3. The van der Waals surface area contributed by atoms with Gasteiger partial charge >= 0.3 is 31.3 Å². The largest absolute Gasteiger partial charge is 2.00 e. The fourth-order valence-corrected chi connectivity index (χ4v) is 0.744. The molecule has 0 atom stereocenters. The summed E-state index contributed by atoms with van der Waals surface area (Å²) < 4.78 is 19.5. The topological polar surface area (TPSA) is 35.5 Å². The molecule has 0 aromatic rings. The van der Waals surface area contributed by atoms with Crippen molar-refractivity contribution in [1.82, 2.24) is 0 Å². The maximum Gasteiger partial charge on any atom is 2.00 e. The van der Waals surface area contributed by atoms with Gasteiger partial charge in [0.1, 0.15) is 13.2 Å². The molecule has 0 saturated heterocycles. The molecular formula is C4H12MgO3P+. The van der Waals surface area contributed by atoms with Crippen molar-refractivity contribution in [2.24, 2.45) is 0 Å². The summed E-state index contributed by atoms with van der Waals surface area (Å²) >= 11 is 0. The summed E-state index contributed by atoms with van der Waals surface area (Å²) in [7, 11) is -1.83. The molecule has 0 rings (SSSR count). The smallest absolute Gasteiger partial charge is 1.00 e. The molecule has 0 aromatic heterocycles. The molecule has 3 nitrogen and oxygen atoms in total. The van der Waals surface area contributed by atoms with Crippen LogP contribution in [0.5, 0.6) is 0 Å². The van der Waals surface area contributed by atoms with Crippen molar-refractivity contribution in [3.8, 4) is 0 Å². The minimum atomic E-state index is -1.83. The Morgan fingerprint density at radius 3 is 1.89 bits per heavy atom. The predicted octanol–water partition coefficient (Wildman–Crippen LogP) is 1.56. The molecule has 0 aromatic carbocycles. The molecule has 52 valence electrons. The fraction of sp³-hybridized carbons (Fsp3) is 1.00. The number of rotatable bonds is 4. The minimum Gasteiger partial charge on any atom is -1.00 e. The molecule has 9 heavy (non-hydrogen) atoms. The molecule has 0 fully saturated rings. The Kier molecular flexibility index (Phi) is 12.2. The summed E-state index contributed by atoms with van der Waals surface area (Å²) in [5, 5.41) is 0. The van der Waals surface area contributed by atoms with Crippen molar-refractivity contribution in [2.75, 3.05) is 13.2 Å². The predicted molar refractivity (Wildman–Crippen MR) is 38.8 cm³/mol. The molecule has 0 aliphatic carbocycles. The Morgan fingerprint density at radius 1 is 1.33 bits per heavy atom. The maximum absolute atomic E-state index is 10.3. The monoisotopic (exact) mass is 163 g/mol. The van der Waals surface area contributed by atoms with Gasteiger partial charge in [0.15, 0.2) is 0 Å². The molecule has 0 saturated carbocycles. The molecule has 5 heteroatoms. The third-order valence-electron chi connectivity index (χ3n) is 0.469. The van der Waals surface area contributed by atoms with E-state index in [0.717, 1.165) is 0 Å². The van der Waals surface area contributed by atoms with E-state index in [2.05, 4.69) is 9.05 Å². The second-order valence-electron chi connectivity index (χ2n) is 1.06. The Balaban J connectivity index is -0.0000000817. The first-order chi connectivity index (χ1) is 3.81. The Morgan fingerprint density at radius 2 is 1.67 bits per heavy atom. The molecule has 0 amide bonds. The Hall–Kier alpha value is 0.786. The summed E-state index contributed by atoms with van der Waals surface area (Å²) in [4.78, 5) is 0. The zero-order chi connectivity index (χ0) is 6.41. The van der Waals surface area contributed by atoms with Gasteiger partial charge in [0.05, 0.1) is 0 Å². The van der Waals surface area contributed by atoms with E-state index < -0.39 is 8.25 Å². The van der Waals surface area contributed by atoms with Crippen molar-refractivity contribution in [3.63, 3.8) is 0 Å². The second kappa shape index (κ2) is 8.79. The van der Waals surface area contributed by atoms with Gasteiger partial charge in [-0.15, -0.1) is 9.05 Å². The van der Waals surface area contributed by atoms with Crippen molar-refractivity contribution in [2.45, 2.75) is 13.8 Å². The number of hydrogen-bond donors (Lipinski definition) is 0. The molecule has 0 N–H and O–H groups in total. The summed E-state index contributed by atoms with van der Waals surface area (Å²) in [6, 6.07) is 0. The normalized spacial score (nSPS) is 8.22. The molecular weight excluding hydrogens is 151 g/mol. The van der Waals surface area contributed by atoms with Gasteiger partial charge in [-0.1, -0.05) is 0 Å². The molecule has 0 unspecified atom stereocenters. The van der Waals surface area contributed by atoms with Gasteiger partial charge in [0, 0.05) is 4.57 Å². The van der Waals surface area contributed by atoms with Crippen LogP contribution in [0.3, 0.4) is 0 Å². The van der Waals surface area contributed by atoms with E-state index in [0.29, 0.717) is 13.2 Å². The molecule has 0 heterocycles. The molecule has 0 aliphatic rings. The summed E-state index contributed by atoms with van der Waals surface area (Å²) in [6.45, 7) is 4.42. The van der Waals surface area contributed by atoms with E-state index in [1.54, 1.807) is 13.8 Å². The summed E-state index contributed by atoms with van der Waals surface area (Å²) in [5.41, 5.74) is 0. The van der Waals surface area contributed by atoms with Gasteiger partial charge in [-0.3, -0.25) is 0 Å². The van der Waals surface area contributed by atoms with E-state index >= 15 is 0 Å². The van der Waals surface area contributed by atoms with E-state index in [4.69, 9.17) is 0 Å². The first-order valence-electron chi connectivity index (χ1n) is 2.54. The van der Waals surface area contributed by atoms with E-state index in [-0.39, 0.29) is 25.9 Å². The van der Waals surface area contributed by atoms with Crippen LogP contribution in [0.2, 0.25) is 0 Å². The van der Waals surface area contributed by atoms with Crippen LogP contribution < -0.4 is 0 Å². The van der Waals surface area contributed by atoms with Crippen LogP contribution in [-0.4, -0.2) is 36.3 Å². The van der Waals surface area contributed by atoms with E-state index in [1.165, 1.54) is 0 Å². The second-order valence-corrected chi connectivity index (χ2v) is 2.02. The summed E-state index contributed by atoms with van der Waals surface area (Å²) in [5.74, 6) is 0. The average Bonchev–Trinajstić information content (AvgIpc) is 1.68. The van der Waals surface area contributed by atoms with Crippen molar-refractivity contribution >= 4 is 31.3 Å². The summed E-state index contributed by atoms with van der Waals surface area (Å²) in [6.07, 6.45) is 0. The van der Waals surface area contributed by atoms with Crippen LogP contribution in [0.4, 0.5) is 0 Å². The Labute approximate surface area is 75.2 Å². The van der Waals surface area contributed by atoms with Gasteiger partial charge in [-0.25, -0.2) is 0 Å². The third-order valence-corrected chi connectivity index (χ3v) is 1.41. The van der Waals surface area contributed by atoms with Crippen molar-refractivity contribution in [1.29, 1.82) is 0 Å². The average molecular weight is 163 g/mol. The van der Waals surface area contributed by atoms with Crippen LogP contribution in [0, 0.1) is 0 Å². The molecule has 0 bridgehead atoms. The molecule has 0 spiro atoms. The Bertz CT molecular complexity index is 77.7. The van der Waals surface area contributed by atoms with Crippen LogP contribution >= 0.6 is 8.25 Å². The van der Waals surface area contributed by atoms with Gasteiger partial charge in [-0.2, -0.15) is 0 Å². The quantitative estimate of drug-likeness (QED) is 0.466. The first-order valence-corrected chi connectivity index (χ1v) is 3.63. The number of hydrogen-bond acceptors (Lipinski definition) is 3. The molecule has 0 radical (unpaired) electrons. The van der Waals surface area contributed by atoms with Crippen LogP contribution in [-0.2, 0) is 13.6 Å². The standard InChI is InChI=1S/C4H10O3P.Mg.2H/c1-3-6-8(5)7-4-2;;;/h3-4H2,1-2H3;;;/q+1;+2;2*-1.